The van der Waals surface area contributed by atoms with Gasteiger partial charge in [-0.3, -0.25) is 4.68 Å². The Hall–Kier alpha value is -1.03. The average molecular weight is 196 g/mol. The summed E-state index contributed by atoms with van der Waals surface area (Å²) in [7, 11) is 0. The molecule has 1 aromatic heterocycles. The van der Waals surface area contributed by atoms with Crippen molar-refractivity contribution in [3.8, 4) is 0 Å². The minimum Gasteiger partial charge on any atom is -0.381 e. The van der Waals surface area contributed by atoms with Gasteiger partial charge in [-0.1, -0.05) is 0 Å². The fourth-order valence-corrected chi connectivity index (χ4v) is 1.04. The summed E-state index contributed by atoms with van der Waals surface area (Å²) in [5, 5.41) is 7.48. The molecular weight excluding hydrogens is 176 g/mol. The Morgan fingerprint density at radius 3 is 2.64 bits per heavy atom. The quantitative estimate of drug-likeness (QED) is 0.769. The van der Waals surface area contributed by atoms with Crippen LogP contribution in [-0.4, -0.2) is 21.9 Å². The molecule has 0 aliphatic carbocycles. The fraction of sp³-hybridized carbons (Fsp3) is 0.700. The topological polar surface area (TPSA) is 55.9 Å². The standard InChI is InChI=1S/C10H20N4/c1-8(2)14-6-9(5-13-14)12-7-10(3,4)11/h5-6,8,12H,7,11H2,1-4H3. The molecule has 14 heavy (non-hydrogen) atoms. The van der Waals surface area contributed by atoms with E-state index in [4.69, 9.17) is 5.73 Å². The van der Waals surface area contributed by atoms with Crippen molar-refractivity contribution < 1.29 is 0 Å². The number of aromatic nitrogens is 2. The van der Waals surface area contributed by atoms with Crippen molar-refractivity contribution in [2.45, 2.75) is 39.3 Å². The summed E-state index contributed by atoms with van der Waals surface area (Å²) < 4.78 is 1.92. The van der Waals surface area contributed by atoms with Gasteiger partial charge in [0.25, 0.3) is 0 Å². The zero-order valence-corrected chi connectivity index (χ0v) is 9.41. The summed E-state index contributed by atoms with van der Waals surface area (Å²) in [5.41, 5.74) is 6.69. The van der Waals surface area contributed by atoms with Crippen LogP contribution in [-0.2, 0) is 0 Å². The van der Waals surface area contributed by atoms with E-state index in [2.05, 4.69) is 24.3 Å². The highest BCUT2D eigenvalue weighted by Crippen LogP contribution is 2.10. The molecule has 0 unspecified atom stereocenters. The maximum absolute atomic E-state index is 5.86. The highest BCUT2D eigenvalue weighted by atomic mass is 15.3. The molecule has 1 aromatic rings. The zero-order chi connectivity index (χ0) is 10.8. The normalized spacial score (nSPS) is 12.1. The van der Waals surface area contributed by atoms with Crippen molar-refractivity contribution in [2.75, 3.05) is 11.9 Å². The van der Waals surface area contributed by atoms with E-state index in [-0.39, 0.29) is 5.54 Å². The second-order valence-electron chi connectivity index (χ2n) is 4.64. The smallest absolute Gasteiger partial charge is 0.0727 e. The SMILES string of the molecule is CC(C)n1cc(NCC(C)(C)N)cn1. The van der Waals surface area contributed by atoms with E-state index in [1.54, 1.807) is 0 Å². The molecule has 0 radical (unpaired) electrons. The Morgan fingerprint density at radius 1 is 1.57 bits per heavy atom. The summed E-state index contributed by atoms with van der Waals surface area (Å²) >= 11 is 0. The Bertz CT molecular complexity index is 283. The van der Waals surface area contributed by atoms with Crippen LogP contribution in [0.2, 0.25) is 0 Å². The first-order chi connectivity index (χ1) is 6.38. The molecule has 0 amide bonds. The molecule has 0 aliphatic heterocycles. The number of nitrogens with one attached hydrogen (secondary N) is 1. The molecule has 0 bridgehead atoms. The van der Waals surface area contributed by atoms with E-state index < -0.39 is 0 Å². The summed E-state index contributed by atoms with van der Waals surface area (Å²) in [4.78, 5) is 0. The molecule has 3 N–H and O–H groups in total. The molecule has 0 fully saturated rings. The summed E-state index contributed by atoms with van der Waals surface area (Å²) in [6.07, 6.45) is 3.82. The van der Waals surface area contributed by atoms with Gasteiger partial charge < -0.3 is 11.1 Å². The molecule has 0 saturated carbocycles. The van der Waals surface area contributed by atoms with Crippen molar-refractivity contribution in [1.29, 1.82) is 0 Å². The highest BCUT2D eigenvalue weighted by Gasteiger charge is 2.10. The monoisotopic (exact) mass is 196 g/mol. The molecule has 1 rings (SSSR count). The van der Waals surface area contributed by atoms with Crippen LogP contribution in [0.1, 0.15) is 33.7 Å². The first kappa shape index (κ1) is 11.0. The Kier molecular flexibility index (Phi) is 3.16. The Labute approximate surface area is 85.5 Å². The van der Waals surface area contributed by atoms with E-state index in [0.29, 0.717) is 6.04 Å². The van der Waals surface area contributed by atoms with E-state index >= 15 is 0 Å². The van der Waals surface area contributed by atoms with Crippen LogP contribution >= 0.6 is 0 Å². The van der Waals surface area contributed by atoms with Crippen LogP contribution in [0.15, 0.2) is 12.4 Å². The van der Waals surface area contributed by atoms with Gasteiger partial charge in [-0.25, -0.2) is 0 Å². The van der Waals surface area contributed by atoms with Crippen molar-refractivity contribution in [2.24, 2.45) is 5.73 Å². The summed E-state index contributed by atoms with van der Waals surface area (Å²) in [5.74, 6) is 0. The van der Waals surface area contributed by atoms with Crippen molar-refractivity contribution in [1.82, 2.24) is 9.78 Å². The molecule has 80 valence electrons. The third-order valence-electron chi connectivity index (χ3n) is 1.88. The van der Waals surface area contributed by atoms with Gasteiger partial charge in [0.15, 0.2) is 0 Å². The first-order valence-corrected chi connectivity index (χ1v) is 4.95. The Balaban J connectivity index is 2.52. The number of nitrogens with zero attached hydrogens (tertiary/aromatic N) is 2. The number of nitrogens with two attached hydrogens (primary N) is 1. The van der Waals surface area contributed by atoms with E-state index in [1.807, 2.05) is 30.9 Å². The van der Waals surface area contributed by atoms with Gasteiger partial charge >= 0.3 is 0 Å². The predicted molar refractivity (Wildman–Crippen MR) is 59.4 cm³/mol. The van der Waals surface area contributed by atoms with E-state index in [9.17, 15) is 0 Å². The number of hydrogen-bond acceptors (Lipinski definition) is 3. The molecule has 0 spiro atoms. The molecule has 4 nitrogen and oxygen atoms in total. The van der Waals surface area contributed by atoms with Crippen LogP contribution in [0, 0.1) is 0 Å². The van der Waals surface area contributed by atoms with Crippen molar-refractivity contribution in [3.05, 3.63) is 12.4 Å². The van der Waals surface area contributed by atoms with Crippen LogP contribution < -0.4 is 11.1 Å². The van der Waals surface area contributed by atoms with Gasteiger partial charge in [-0.05, 0) is 27.7 Å². The third-order valence-corrected chi connectivity index (χ3v) is 1.88. The fourth-order valence-electron chi connectivity index (χ4n) is 1.04. The van der Waals surface area contributed by atoms with Crippen molar-refractivity contribution in [3.63, 3.8) is 0 Å². The summed E-state index contributed by atoms with van der Waals surface area (Å²) in [6.45, 7) is 8.93. The first-order valence-electron chi connectivity index (χ1n) is 4.95. The molecule has 0 saturated heterocycles. The lowest BCUT2D eigenvalue weighted by Gasteiger charge is -2.18. The molecular formula is C10H20N4. The molecule has 0 atom stereocenters. The van der Waals surface area contributed by atoms with Crippen LogP contribution in [0.3, 0.4) is 0 Å². The average Bonchev–Trinajstić information content (AvgIpc) is 2.47. The maximum atomic E-state index is 5.86. The zero-order valence-electron chi connectivity index (χ0n) is 9.41. The van der Waals surface area contributed by atoms with E-state index in [0.717, 1.165) is 12.2 Å². The molecule has 1 heterocycles. The minimum atomic E-state index is -0.195. The number of hydrogen-bond donors (Lipinski definition) is 2. The highest BCUT2D eigenvalue weighted by molar-refractivity contribution is 5.38. The minimum absolute atomic E-state index is 0.195. The van der Waals surface area contributed by atoms with Gasteiger partial charge in [0.1, 0.15) is 0 Å². The van der Waals surface area contributed by atoms with Gasteiger partial charge in [-0.2, -0.15) is 5.10 Å². The third kappa shape index (κ3) is 3.38. The van der Waals surface area contributed by atoms with Crippen molar-refractivity contribution >= 4 is 5.69 Å². The molecule has 0 aromatic carbocycles. The lowest BCUT2D eigenvalue weighted by Crippen LogP contribution is -2.39. The molecule has 4 heteroatoms. The summed E-state index contributed by atoms with van der Waals surface area (Å²) in [6, 6.07) is 0.399. The number of rotatable bonds is 4. The lowest BCUT2D eigenvalue weighted by molar-refractivity contribution is 0.532. The van der Waals surface area contributed by atoms with Gasteiger partial charge in [0, 0.05) is 24.3 Å². The molecule has 0 aliphatic rings. The van der Waals surface area contributed by atoms with E-state index in [1.165, 1.54) is 0 Å². The number of anilines is 1. The van der Waals surface area contributed by atoms with Gasteiger partial charge in [-0.15, -0.1) is 0 Å². The second kappa shape index (κ2) is 4.00. The van der Waals surface area contributed by atoms with Gasteiger partial charge in [0.05, 0.1) is 11.9 Å². The van der Waals surface area contributed by atoms with Crippen LogP contribution in [0.5, 0.6) is 0 Å². The van der Waals surface area contributed by atoms with Crippen LogP contribution in [0.25, 0.3) is 0 Å². The largest absolute Gasteiger partial charge is 0.381 e. The van der Waals surface area contributed by atoms with Gasteiger partial charge in [0.2, 0.25) is 0 Å². The lowest BCUT2D eigenvalue weighted by atomic mass is 10.1. The predicted octanol–water partition coefficient (Wildman–Crippen LogP) is 1.61. The maximum Gasteiger partial charge on any atom is 0.0727 e. The van der Waals surface area contributed by atoms with Crippen LogP contribution in [0.4, 0.5) is 5.69 Å². The Morgan fingerprint density at radius 2 is 2.21 bits per heavy atom. The second-order valence-corrected chi connectivity index (χ2v) is 4.64.